The first kappa shape index (κ1) is 8.96. The van der Waals surface area contributed by atoms with E-state index in [1.165, 1.54) is 6.07 Å². The highest BCUT2D eigenvalue weighted by atomic mass is 19.1. The zero-order valence-electron chi connectivity index (χ0n) is 7.16. The smallest absolute Gasteiger partial charge is 0.335 e. The molecule has 1 aromatic carbocycles. The summed E-state index contributed by atoms with van der Waals surface area (Å²) in [7, 11) is 0. The second-order valence-corrected chi connectivity index (χ2v) is 3.09. The number of rotatable bonds is 1. The number of nitrogens with two attached hydrogens (primary N) is 1. The molecule has 14 heavy (non-hydrogen) atoms. The molecule has 1 aliphatic heterocycles. The Morgan fingerprint density at radius 2 is 2.36 bits per heavy atom. The van der Waals surface area contributed by atoms with E-state index in [-0.39, 0.29) is 23.5 Å². The van der Waals surface area contributed by atoms with Crippen LogP contribution in [0, 0.1) is 5.82 Å². The van der Waals surface area contributed by atoms with Crippen molar-refractivity contribution in [2.24, 2.45) is 5.73 Å². The predicted octanol–water partition coefficient (Wildman–Crippen LogP) is 0.916. The lowest BCUT2D eigenvalue weighted by Gasteiger charge is -2.03. The molecule has 1 atom stereocenters. The van der Waals surface area contributed by atoms with Crippen molar-refractivity contribution in [2.45, 2.75) is 6.04 Å². The number of halogens is 1. The van der Waals surface area contributed by atoms with Crippen LogP contribution in [0.3, 0.4) is 0 Å². The summed E-state index contributed by atoms with van der Waals surface area (Å²) in [5.74, 6) is -1.57. The highest BCUT2D eigenvalue weighted by Gasteiger charge is 2.26. The lowest BCUT2D eigenvalue weighted by molar-refractivity contribution is 0.0696. The molecule has 0 radical (unpaired) electrons. The zero-order valence-corrected chi connectivity index (χ0v) is 7.16. The highest BCUT2D eigenvalue weighted by Crippen LogP contribution is 2.34. The Labute approximate surface area is 79.1 Å². The quantitative estimate of drug-likeness (QED) is 0.702. The summed E-state index contributed by atoms with van der Waals surface area (Å²) in [6.07, 6.45) is 0. The average molecular weight is 197 g/mol. The molecule has 0 fully saturated rings. The summed E-state index contributed by atoms with van der Waals surface area (Å²) in [6, 6.07) is 1.73. The first-order valence-electron chi connectivity index (χ1n) is 4.04. The molecule has 4 nitrogen and oxygen atoms in total. The van der Waals surface area contributed by atoms with Crippen LogP contribution in [0.5, 0.6) is 5.75 Å². The van der Waals surface area contributed by atoms with E-state index < -0.39 is 17.8 Å². The fourth-order valence-corrected chi connectivity index (χ4v) is 1.46. The van der Waals surface area contributed by atoms with E-state index >= 15 is 0 Å². The van der Waals surface area contributed by atoms with Gasteiger partial charge in [0.05, 0.1) is 17.2 Å². The largest absolute Gasteiger partial charge is 0.491 e. The van der Waals surface area contributed by atoms with Crippen molar-refractivity contribution in [2.75, 3.05) is 6.61 Å². The fraction of sp³-hybridized carbons (Fsp3) is 0.222. The maximum absolute atomic E-state index is 13.3. The Hall–Kier alpha value is -1.62. The van der Waals surface area contributed by atoms with Crippen LogP contribution in [-0.2, 0) is 0 Å². The maximum atomic E-state index is 13.3. The Bertz CT molecular complexity index is 405. The van der Waals surface area contributed by atoms with E-state index in [0.29, 0.717) is 0 Å². The molecule has 0 saturated carbocycles. The Morgan fingerprint density at radius 3 is 3.00 bits per heavy atom. The molecule has 0 spiro atoms. The highest BCUT2D eigenvalue weighted by molar-refractivity contribution is 5.88. The van der Waals surface area contributed by atoms with Gasteiger partial charge in [0, 0.05) is 0 Å². The van der Waals surface area contributed by atoms with Gasteiger partial charge in [0.25, 0.3) is 0 Å². The number of hydrogen-bond donors (Lipinski definition) is 2. The van der Waals surface area contributed by atoms with Gasteiger partial charge in [-0.1, -0.05) is 0 Å². The van der Waals surface area contributed by atoms with Crippen LogP contribution in [0.2, 0.25) is 0 Å². The molecule has 1 aromatic rings. The van der Waals surface area contributed by atoms with E-state index in [1.54, 1.807) is 0 Å². The second kappa shape index (κ2) is 2.95. The van der Waals surface area contributed by atoms with Crippen molar-refractivity contribution >= 4 is 5.97 Å². The minimum atomic E-state index is -1.18. The molecule has 0 amide bonds. The molecule has 2 rings (SSSR count). The van der Waals surface area contributed by atoms with Gasteiger partial charge in [-0.2, -0.15) is 0 Å². The van der Waals surface area contributed by atoms with Crippen LogP contribution >= 0.6 is 0 Å². The van der Waals surface area contributed by atoms with Gasteiger partial charge >= 0.3 is 5.97 Å². The lowest BCUT2D eigenvalue weighted by Crippen LogP contribution is -2.12. The minimum absolute atomic E-state index is 0.129. The molecule has 0 bridgehead atoms. The lowest BCUT2D eigenvalue weighted by atomic mass is 10.1. The molecule has 0 unspecified atom stereocenters. The topological polar surface area (TPSA) is 72.5 Å². The second-order valence-electron chi connectivity index (χ2n) is 3.09. The number of hydrogen-bond acceptors (Lipinski definition) is 3. The molecule has 0 saturated heterocycles. The van der Waals surface area contributed by atoms with Gasteiger partial charge < -0.3 is 15.6 Å². The number of carboxylic acid groups (broad SMARTS) is 1. The Morgan fingerprint density at radius 1 is 1.64 bits per heavy atom. The molecule has 0 aliphatic carbocycles. The Kier molecular flexibility index (Phi) is 1.89. The third-order valence-corrected chi connectivity index (χ3v) is 2.13. The average Bonchev–Trinajstić information content (AvgIpc) is 2.48. The van der Waals surface area contributed by atoms with Gasteiger partial charge in [0.1, 0.15) is 18.2 Å². The number of carboxylic acids is 1. The first-order chi connectivity index (χ1) is 6.59. The van der Waals surface area contributed by atoms with Crippen LogP contribution in [0.15, 0.2) is 12.1 Å². The zero-order chi connectivity index (χ0) is 10.3. The van der Waals surface area contributed by atoms with Crippen molar-refractivity contribution in [3.05, 3.63) is 29.1 Å². The van der Waals surface area contributed by atoms with Crippen LogP contribution in [0.1, 0.15) is 22.0 Å². The number of carbonyl (C=O) groups is 1. The predicted molar refractivity (Wildman–Crippen MR) is 45.8 cm³/mol. The summed E-state index contributed by atoms with van der Waals surface area (Å²) >= 11 is 0. The minimum Gasteiger partial charge on any atom is -0.491 e. The van der Waals surface area contributed by atoms with Gasteiger partial charge in [-0.15, -0.1) is 0 Å². The molecular weight excluding hydrogens is 189 g/mol. The molecule has 3 N–H and O–H groups in total. The van der Waals surface area contributed by atoms with Crippen molar-refractivity contribution < 1.29 is 19.0 Å². The molecule has 5 heteroatoms. The number of aromatic carboxylic acids is 1. The fourth-order valence-electron chi connectivity index (χ4n) is 1.46. The Balaban J connectivity index is 2.57. The summed E-state index contributed by atoms with van der Waals surface area (Å²) < 4.78 is 18.4. The van der Waals surface area contributed by atoms with Crippen molar-refractivity contribution in [1.29, 1.82) is 0 Å². The van der Waals surface area contributed by atoms with E-state index in [1.807, 2.05) is 0 Å². The SMILES string of the molecule is N[C@H]1COc2cc(C(=O)O)cc(F)c21. The standard InChI is InChI=1S/C9H8FNO3/c10-5-1-4(9(12)13)2-7-8(5)6(11)3-14-7/h1-2,6H,3,11H2,(H,12,13)/t6-/m0/s1. The van der Waals surface area contributed by atoms with Gasteiger partial charge in [-0.3, -0.25) is 0 Å². The molecule has 74 valence electrons. The third kappa shape index (κ3) is 1.22. The van der Waals surface area contributed by atoms with Crippen molar-refractivity contribution in [3.63, 3.8) is 0 Å². The molecule has 0 aromatic heterocycles. The van der Waals surface area contributed by atoms with E-state index in [4.69, 9.17) is 15.6 Å². The molecular formula is C9H8FNO3. The van der Waals surface area contributed by atoms with E-state index in [2.05, 4.69) is 0 Å². The van der Waals surface area contributed by atoms with Gasteiger partial charge in [-0.05, 0) is 12.1 Å². The van der Waals surface area contributed by atoms with Crippen LogP contribution in [0.25, 0.3) is 0 Å². The van der Waals surface area contributed by atoms with Gasteiger partial charge in [-0.25, -0.2) is 9.18 Å². The van der Waals surface area contributed by atoms with Crippen LogP contribution in [-0.4, -0.2) is 17.7 Å². The van der Waals surface area contributed by atoms with Crippen LogP contribution in [0.4, 0.5) is 4.39 Å². The third-order valence-electron chi connectivity index (χ3n) is 2.13. The van der Waals surface area contributed by atoms with Crippen molar-refractivity contribution in [3.8, 4) is 5.75 Å². The van der Waals surface area contributed by atoms with E-state index in [9.17, 15) is 9.18 Å². The number of benzene rings is 1. The monoisotopic (exact) mass is 197 g/mol. The summed E-state index contributed by atoms with van der Waals surface area (Å²) in [5.41, 5.74) is 5.69. The molecule has 1 aliphatic rings. The van der Waals surface area contributed by atoms with E-state index in [0.717, 1.165) is 6.07 Å². The summed E-state index contributed by atoms with van der Waals surface area (Å²) in [4.78, 5) is 10.6. The normalized spacial score (nSPS) is 18.9. The van der Waals surface area contributed by atoms with Crippen molar-refractivity contribution in [1.82, 2.24) is 0 Å². The maximum Gasteiger partial charge on any atom is 0.335 e. The summed E-state index contributed by atoms with van der Waals surface area (Å²) in [5, 5.41) is 8.65. The number of ether oxygens (including phenoxy) is 1. The van der Waals surface area contributed by atoms with Crippen LogP contribution < -0.4 is 10.5 Å². The first-order valence-corrected chi connectivity index (χ1v) is 4.04. The summed E-state index contributed by atoms with van der Waals surface area (Å²) in [6.45, 7) is 0.190. The van der Waals surface area contributed by atoms with Gasteiger partial charge in [0.2, 0.25) is 0 Å². The number of fused-ring (bicyclic) bond motifs is 1. The molecule has 1 heterocycles. The van der Waals surface area contributed by atoms with Gasteiger partial charge in [0.15, 0.2) is 0 Å².